The smallest absolute Gasteiger partial charge is 0.0726 e. The van der Waals surface area contributed by atoms with E-state index in [4.69, 9.17) is 4.98 Å². The van der Waals surface area contributed by atoms with Crippen LogP contribution in [0.1, 0.15) is 54.5 Å². The lowest BCUT2D eigenvalue weighted by atomic mass is 9.80. The number of pyridine rings is 1. The van der Waals surface area contributed by atoms with Crippen molar-refractivity contribution in [2.75, 3.05) is 18.4 Å². The average molecular weight is 490 g/mol. The molecule has 3 aromatic carbocycles. The topological polar surface area (TPSA) is 28.2 Å². The normalized spacial score (nSPS) is 18.5. The Morgan fingerprint density at radius 3 is 2.19 bits per heavy atom. The minimum Gasteiger partial charge on any atom is -0.380 e. The highest BCUT2D eigenvalue weighted by Crippen LogP contribution is 2.38. The number of rotatable bonds is 8. The summed E-state index contributed by atoms with van der Waals surface area (Å²) < 4.78 is 0. The highest BCUT2D eigenvalue weighted by atomic mass is 15.1. The number of piperidine rings is 1. The Morgan fingerprint density at radius 1 is 0.730 bits per heavy atom. The fourth-order valence-electron chi connectivity index (χ4n) is 6.44. The molecule has 0 radical (unpaired) electrons. The molecule has 1 fully saturated rings. The molecular weight excluding hydrogens is 450 g/mol. The second-order valence-corrected chi connectivity index (χ2v) is 11.2. The molecule has 0 spiro atoms. The summed E-state index contributed by atoms with van der Waals surface area (Å²) in [5.41, 5.74) is 8.01. The molecule has 3 heteroatoms. The van der Waals surface area contributed by atoms with E-state index in [9.17, 15) is 0 Å². The maximum Gasteiger partial charge on any atom is 0.0726 e. The van der Waals surface area contributed by atoms with Gasteiger partial charge in [0.2, 0.25) is 0 Å². The predicted molar refractivity (Wildman–Crippen MR) is 155 cm³/mol. The van der Waals surface area contributed by atoms with Crippen molar-refractivity contribution in [1.82, 2.24) is 9.88 Å². The molecule has 1 aliphatic heterocycles. The van der Waals surface area contributed by atoms with Crippen LogP contribution in [0.4, 0.5) is 5.69 Å². The molecule has 1 aliphatic carbocycles. The maximum absolute atomic E-state index is 5.11. The third kappa shape index (κ3) is 5.88. The number of benzene rings is 3. The number of aryl methyl sites for hydroxylation is 1. The summed E-state index contributed by atoms with van der Waals surface area (Å²) in [5, 5.41) is 5.10. The molecule has 1 N–H and O–H groups in total. The highest BCUT2D eigenvalue weighted by Gasteiger charge is 2.26. The zero-order valence-electron chi connectivity index (χ0n) is 21.9. The number of anilines is 1. The summed E-state index contributed by atoms with van der Waals surface area (Å²) in [6.07, 6.45) is 9.00. The zero-order valence-corrected chi connectivity index (χ0v) is 21.9. The Hall–Kier alpha value is -3.17. The number of hydrogen-bond acceptors (Lipinski definition) is 3. The summed E-state index contributed by atoms with van der Waals surface area (Å²) in [7, 11) is 0. The van der Waals surface area contributed by atoms with Gasteiger partial charge in [-0.15, -0.1) is 0 Å². The number of nitrogens with one attached hydrogen (secondary N) is 1. The van der Waals surface area contributed by atoms with E-state index in [0.717, 1.165) is 43.3 Å². The van der Waals surface area contributed by atoms with Crippen LogP contribution in [0.2, 0.25) is 0 Å². The van der Waals surface area contributed by atoms with Crippen molar-refractivity contribution in [3.63, 3.8) is 0 Å². The Morgan fingerprint density at radius 2 is 1.41 bits per heavy atom. The predicted octanol–water partition coefficient (Wildman–Crippen LogP) is 7.64. The van der Waals surface area contributed by atoms with E-state index >= 15 is 0 Å². The first-order valence-corrected chi connectivity index (χ1v) is 14.3. The van der Waals surface area contributed by atoms with E-state index in [0.29, 0.717) is 0 Å². The number of para-hydroxylation sites is 1. The summed E-state index contributed by atoms with van der Waals surface area (Å²) in [6, 6.07) is 30.4. The molecule has 1 unspecified atom stereocenters. The summed E-state index contributed by atoms with van der Waals surface area (Å²) in [5.74, 6) is 1.66. The number of nitrogens with zero attached hydrogens (tertiary/aromatic N) is 2. The van der Waals surface area contributed by atoms with Crippen molar-refractivity contribution in [3.05, 3.63) is 107 Å². The van der Waals surface area contributed by atoms with E-state index in [-0.39, 0.29) is 0 Å². The van der Waals surface area contributed by atoms with Crippen molar-refractivity contribution >= 4 is 16.6 Å². The summed E-state index contributed by atoms with van der Waals surface area (Å²) in [6.45, 7) is 4.45. The van der Waals surface area contributed by atoms with E-state index < -0.39 is 0 Å². The van der Waals surface area contributed by atoms with Gasteiger partial charge in [0, 0.05) is 29.9 Å². The minimum absolute atomic E-state index is 0.773. The molecule has 1 aromatic heterocycles. The Kier molecular flexibility index (Phi) is 7.50. The van der Waals surface area contributed by atoms with Crippen LogP contribution in [-0.4, -0.2) is 23.0 Å². The lowest BCUT2D eigenvalue weighted by Crippen LogP contribution is -2.33. The second kappa shape index (κ2) is 11.5. The number of fused-ring (bicyclic) bond motifs is 2. The molecule has 6 rings (SSSR count). The standard InChI is InChI=1S/C34H39N3/c1-3-9-28(10-4-1)24-35-34-30-13-7-8-14-32(30)36-33-18-17-27(23-31(33)34)16-15-26-19-21-37(22-20-26)25-29-11-5-2-6-12-29/h1-14,26-27H,15-25H2,(H,35,36). The van der Waals surface area contributed by atoms with Gasteiger partial charge in [-0.1, -0.05) is 85.3 Å². The monoisotopic (exact) mass is 489 g/mol. The van der Waals surface area contributed by atoms with E-state index in [1.54, 1.807) is 0 Å². The van der Waals surface area contributed by atoms with E-state index in [1.165, 1.54) is 78.7 Å². The van der Waals surface area contributed by atoms with Gasteiger partial charge in [0.25, 0.3) is 0 Å². The van der Waals surface area contributed by atoms with Crippen LogP contribution in [0.15, 0.2) is 84.9 Å². The molecule has 190 valence electrons. The van der Waals surface area contributed by atoms with Crippen LogP contribution in [0.25, 0.3) is 10.9 Å². The van der Waals surface area contributed by atoms with Gasteiger partial charge in [-0.05, 0) is 86.2 Å². The number of likely N-dealkylation sites (tertiary alicyclic amines) is 1. The summed E-state index contributed by atoms with van der Waals surface area (Å²) in [4.78, 5) is 7.76. The lowest BCUT2D eigenvalue weighted by Gasteiger charge is -2.33. The van der Waals surface area contributed by atoms with Gasteiger partial charge in [0.15, 0.2) is 0 Å². The SMILES string of the molecule is c1ccc(CNc2c3c(nc4ccccc24)CCC(CCC2CCN(Cc4ccccc4)CC2)C3)cc1. The highest BCUT2D eigenvalue weighted by molar-refractivity contribution is 5.93. The van der Waals surface area contributed by atoms with Gasteiger partial charge in [-0.2, -0.15) is 0 Å². The van der Waals surface area contributed by atoms with Gasteiger partial charge in [-0.25, -0.2) is 0 Å². The third-order valence-electron chi connectivity index (χ3n) is 8.61. The molecule has 1 atom stereocenters. The molecule has 0 bridgehead atoms. The minimum atomic E-state index is 0.773. The number of hydrogen-bond donors (Lipinski definition) is 1. The van der Waals surface area contributed by atoms with E-state index in [1.807, 2.05) is 0 Å². The van der Waals surface area contributed by atoms with Crippen molar-refractivity contribution < 1.29 is 0 Å². The van der Waals surface area contributed by atoms with Crippen LogP contribution < -0.4 is 5.32 Å². The first-order valence-electron chi connectivity index (χ1n) is 14.3. The Bertz CT molecular complexity index is 1290. The van der Waals surface area contributed by atoms with Crippen molar-refractivity contribution in [3.8, 4) is 0 Å². The van der Waals surface area contributed by atoms with Crippen LogP contribution >= 0.6 is 0 Å². The van der Waals surface area contributed by atoms with Crippen LogP contribution in [0, 0.1) is 11.8 Å². The molecule has 0 amide bonds. The van der Waals surface area contributed by atoms with Crippen molar-refractivity contribution in [2.24, 2.45) is 11.8 Å². The summed E-state index contributed by atoms with van der Waals surface area (Å²) >= 11 is 0. The van der Waals surface area contributed by atoms with Crippen LogP contribution in [0.5, 0.6) is 0 Å². The number of aromatic nitrogens is 1. The van der Waals surface area contributed by atoms with Gasteiger partial charge < -0.3 is 5.32 Å². The molecular formula is C34H39N3. The zero-order chi connectivity index (χ0) is 24.9. The molecule has 0 saturated carbocycles. The van der Waals surface area contributed by atoms with Crippen molar-refractivity contribution in [1.29, 1.82) is 0 Å². The Labute approximate surface area is 221 Å². The quantitative estimate of drug-likeness (QED) is 0.276. The van der Waals surface area contributed by atoms with E-state index in [2.05, 4.69) is 95.1 Å². The lowest BCUT2D eigenvalue weighted by molar-refractivity contribution is 0.166. The fraction of sp³-hybridized carbons (Fsp3) is 0.382. The fourth-order valence-corrected chi connectivity index (χ4v) is 6.44. The van der Waals surface area contributed by atoms with Gasteiger partial charge in [0.1, 0.15) is 0 Å². The molecule has 4 aromatic rings. The van der Waals surface area contributed by atoms with Crippen molar-refractivity contribution in [2.45, 2.75) is 58.0 Å². The molecule has 2 aliphatic rings. The van der Waals surface area contributed by atoms with Gasteiger partial charge in [-0.3, -0.25) is 9.88 Å². The first-order chi connectivity index (χ1) is 18.3. The van der Waals surface area contributed by atoms with Gasteiger partial charge in [0.05, 0.1) is 5.52 Å². The second-order valence-electron chi connectivity index (χ2n) is 11.2. The molecule has 1 saturated heterocycles. The maximum atomic E-state index is 5.11. The van der Waals surface area contributed by atoms with Crippen LogP contribution in [-0.2, 0) is 25.9 Å². The first kappa shape index (κ1) is 24.2. The Balaban J connectivity index is 1.09. The average Bonchev–Trinajstić information content (AvgIpc) is 2.96. The van der Waals surface area contributed by atoms with Gasteiger partial charge >= 0.3 is 0 Å². The van der Waals surface area contributed by atoms with Crippen LogP contribution in [0.3, 0.4) is 0 Å². The molecule has 3 nitrogen and oxygen atoms in total. The third-order valence-corrected chi connectivity index (χ3v) is 8.61. The molecule has 37 heavy (non-hydrogen) atoms. The largest absolute Gasteiger partial charge is 0.380 e. The molecule has 2 heterocycles.